The number of nitrogens with one attached hydrogen (secondary N) is 1. The van der Waals surface area contributed by atoms with E-state index in [0.717, 1.165) is 0 Å². The fourth-order valence-corrected chi connectivity index (χ4v) is 2.88. The van der Waals surface area contributed by atoms with Crippen molar-refractivity contribution in [3.05, 3.63) is 27.7 Å². The van der Waals surface area contributed by atoms with Gasteiger partial charge in [-0.2, -0.15) is 0 Å². The minimum atomic E-state index is -0.522. The molecule has 2 amide bonds. The van der Waals surface area contributed by atoms with Crippen molar-refractivity contribution in [1.29, 1.82) is 0 Å². The van der Waals surface area contributed by atoms with Gasteiger partial charge in [0.2, 0.25) is 0 Å². The topological polar surface area (TPSA) is 67.9 Å². The van der Waals surface area contributed by atoms with Crippen LogP contribution in [-0.4, -0.2) is 42.1 Å². The van der Waals surface area contributed by atoms with E-state index in [9.17, 15) is 9.59 Å². The minimum absolute atomic E-state index is 0.00427. The number of hydrogen-bond donors (Lipinski definition) is 1. The number of ether oxygens (including phenoxy) is 2. The molecule has 1 fully saturated rings. The smallest absolute Gasteiger partial charge is 0.265 e. The molecular formula is C16H17BrN2O4S. The van der Waals surface area contributed by atoms with Crippen LogP contribution in [0.5, 0.6) is 11.5 Å². The van der Waals surface area contributed by atoms with Crippen LogP contribution in [0.2, 0.25) is 0 Å². The Morgan fingerprint density at radius 3 is 2.54 bits per heavy atom. The van der Waals surface area contributed by atoms with Crippen LogP contribution in [0.15, 0.2) is 22.2 Å². The standard InChI is InChI=1S/C16H17BrN2O4S/c1-4-22-12-8-9(7-11(17)13(12)23-5-2)6-10-14(20)18-16(24)19(3)15(10)21/h6-8H,4-5H2,1-3H3,(H,18,20,24)/b10-6+. The molecule has 1 aromatic rings. The summed E-state index contributed by atoms with van der Waals surface area (Å²) in [4.78, 5) is 25.5. The van der Waals surface area contributed by atoms with Crippen LogP contribution in [0.1, 0.15) is 19.4 Å². The number of thiocarbonyl (C=S) groups is 1. The van der Waals surface area contributed by atoms with Gasteiger partial charge >= 0.3 is 0 Å². The summed E-state index contributed by atoms with van der Waals surface area (Å²) in [6.07, 6.45) is 1.50. The maximum Gasteiger partial charge on any atom is 0.265 e. The SMILES string of the molecule is CCOc1cc(/C=C2\C(=O)NC(=S)N(C)C2=O)cc(Br)c1OCC. The predicted molar refractivity (Wildman–Crippen MR) is 98.0 cm³/mol. The Kier molecular flexibility index (Phi) is 5.95. The summed E-state index contributed by atoms with van der Waals surface area (Å²) < 4.78 is 11.8. The Balaban J connectivity index is 2.46. The zero-order valence-corrected chi connectivity index (χ0v) is 15.9. The van der Waals surface area contributed by atoms with Crippen LogP contribution in [0.4, 0.5) is 0 Å². The van der Waals surface area contributed by atoms with Crippen LogP contribution < -0.4 is 14.8 Å². The van der Waals surface area contributed by atoms with Crippen molar-refractivity contribution >= 4 is 51.2 Å². The van der Waals surface area contributed by atoms with Crippen LogP contribution >= 0.6 is 28.1 Å². The molecule has 1 heterocycles. The highest BCUT2D eigenvalue weighted by molar-refractivity contribution is 9.10. The second-order valence-electron chi connectivity index (χ2n) is 4.88. The van der Waals surface area contributed by atoms with E-state index in [1.807, 2.05) is 13.8 Å². The quantitative estimate of drug-likeness (QED) is 0.457. The average Bonchev–Trinajstić information content (AvgIpc) is 2.53. The first-order valence-corrected chi connectivity index (χ1v) is 8.53. The third kappa shape index (κ3) is 3.76. The number of rotatable bonds is 5. The summed E-state index contributed by atoms with van der Waals surface area (Å²) in [5, 5.41) is 2.57. The number of benzene rings is 1. The molecule has 0 spiro atoms. The van der Waals surface area contributed by atoms with Crippen molar-refractivity contribution in [3.63, 3.8) is 0 Å². The van der Waals surface area contributed by atoms with Gasteiger partial charge in [-0.25, -0.2) is 0 Å². The lowest BCUT2D eigenvalue weighted by Crippen LogP contribution is -2.52. The van der Waals surface area contributed by atoms with Gasteiger partial charge in [-0.05, 0) is 65.8 Å². The van der Waals surface area contributed by atoms with Gasteiger partial charge in [-0.1, -0.05) is 0 Å². The molecule has 1 saturated heterocycles. The monoisotopic (exact) mass is 412 g/mol. The normalized spacial score (nSPS) is 16.4. The fraction of sp³-hybridized carbons (Fsp3) is 0.312. The highest BCUT2D eigenvalue weighted by Crippen LogP contribution is 2.37. The number of nitrogens with zero attached hydrogens (tertiary/aromatic N) is 1. The molecule has 0 aliphatic carbocycles. The molecule has 6 nitrogen and oxygen atoms in total. The first-order chi connectivity index (χ1) is 11.4. The lowest BCUT2D eigenvalue weighted by atomic mass is 10.1. The van der Waals surface area contributed by atoms with Crippen LogP contribution in [0.25, 0.3) is 6.08 Å². The van der Waals surface area contributed by atoms with Crippen LogP contribution in [0.3, 0.4) is 0 Å². The molecule has 1 N–H and O–H groups in total. The molecule has 8 heteroatoms. The molecule has 0 atom stereocenters. The molecule has 0 bridgehead atoms. The highest BCUT2D eigenvalue weighted by atomic mass is 79.9. The van der Waals surface area contributed by atoms with Crippen molar-refractivity contribution in [2.24, 2.45) is 0 Å². The molecule has 128 valence electrons. The third-order valence-corrected chi connectivity index (χ3v) is 4.20. The van der Waals surface area contributed by atoms with Gasteiger partial charge in [0, 0.05) is 7.05 Å². The van der Waals surface area contributed by atoms with Gasteiger partial charge in [0.1, 0.15) is 5.57 Å². The van der Waals surface area contributed by atoms with Crippen molar-refractivity contribution in [1.82, 2.24) is 10.2 Å². The Hall–Kier alpha value is -1.93. The fourth-order valence-electron chi connectivity index (χ4n) is 2.13. The van der Waals surface area contributed by atoms with Gasteiger partial charge in [0.05, 0.1) is 17.7 Å². The van der Waals surface area contributed by atoms with Gasteiger partial charge in [-0.15, -0.1) is 0 Å². The maximum atomic E-state index is 12.3. The lowest BCUT2D eigenvalue weighted by Gasteiger charge is -2.25. The number of amides is 2. The van der Waals surface area contributed by atoms with E-state index in [-0.39, 0.29) is 10.7 Å². The summed E-state index contributed by atoms with van der Waals surface area (Å²) in [7, 11) is 1.51. The molecule has 1 aromatic carbocycles. The molecule has 24 heavy (non-hydrogen) atoms. The van der Waals surface area contributed by atoms with Crippen molar-refractivity contribution in [3.8, 4) is 11.5 Å². The largest absolute Gasteiger partial charge is 0.490 e. The Morgan fingerprint density at radius 1 is 1.25 bits per heavy atom. The van der Waals surface area contributed by atoms with E-state index >= 15 is 0 Å². The first kappa shape index (κ1) is 18.4. The third-order valence-electron chi connectivity index (χ3n) is 3.24. The molecule has 2 rings (SSSR count). The van der Waals surface area contributed by atoms with Crippen molar-refractivity contribution in [2.75, 3.05) is 20.3 Å². The summed E-state index contributed by atoms with van der Waals surface area (Å²) >= 11 is 8.36. The molecule has 1 aliphatic heterocycles. The molecule has 0 radical (unpaired) electrons. The van der Waals surface area contributed by atoms with Crippen LogP contribution in [-0.2, 0) is 9.59 Å². The first-order valence-electron chi connectivity index (χ1n) is 7.33. The average molecular weight is 413 g/mol. The number of hydrogen-bond acceptors (Lipinski definition) is 5. The summed E-state index contributed by atoms with van der Waals surface area (Å²) in [6.45, 7) is 4.69. The van der Waals surface area contributed by atoms with Crippen molar-refractivity contribution < 1.29 is 19.1 Å². The Morgan fingerprint density at radius 2 is 1.92 bits per heavy atom. The second-order valence-corrected chi connectivity index (χ2v) is 6.12. The van der Waals surface area contributed by atoms with Gasteiger partial charge in [0.15, 0.2) is 16.6 Å². The van der Waals surface area contributed by atoms with Crippen molar-refractivity contribution in [2.45, 2.75) is 13.8 Å². The number of carbonyl (C=O) groups is 2. The Bertz CT molecular complexity index is 733. The van der Waals surface area contributed by atoms with E-state index in [2.05, 4.69) is 21.2 Å². The summed E-state index contributed by atoms with van der Waals surface area (Å²) in [6, 6.07) is 3.48. The molecule has 1 aliphatic rings. The minimum Gasteiger partial charge on any atom is -0.490 e. The second kappa shape index (κ2) is 7.76. The van der Waals surface area contributed by atoms with Gasteiger partial charge in [0.25, 0.3) is 11.8 Å². The van der Waals surface area contributed by atoms with E-state index in [0.29, 0.717) is 34.7 Å². The highest BCUT2D eigenvalue weighted by Gasteiger charge is 2.30. The molecule has 0 unspecified atom stereocenters. The molecular weight excluding hydrogens is 396 g/mol. The molecule has 0 aromatic heterocycles. The maximum absolute atomic E-state index is 12.3. The van der Waals surface area contributed by atoms with E-state index < -0.39 is 11.8 Å². The Labute approximate surface area is 153 Å². The predicted octanol–water partition coefficient (Wildman–Crippen LogP) is 2.50. The zero-order chi connectivity index (χ0) is 17.9. The number of carbonyl (C=O) groups excluding carboxylic acids is 2. The summed E-state index contributed by atoms with van der Waals surface area (Å²) in [5.41, 5.74) is 0.637. The zero-order valence-electron chi connectivity index (χ0n) is 13.5. The van der Waals surface area contributed by atoms with Crippen LogP contribution in [0, 0.1) is 0 Å². The van der Waals surface area contributed by atoms with E-state index in [4.69, 9.17) is 21.7 Å². The van der Waals surface area contributed by atoms with E-state index in [1.165, 1.54) is 18.0 Å². The molecule has 0 saturated carbocycles. The van der Waals surface area contributed by atoms with E-state index in [1.54, 1.807) is 12.1 Å². The number of likely N-dealkylation sites (N-methyl/N-ethyl adjacent to an activating group) is 1. The van der Waals surface area contributed by atoms with Gasteiger partial charge in [-0.3, -0.25) is 19.8 Å². The van der Waals surface area contributed by atoms with Gasteiger partial charge < -0.3 is 9.47 Å². The lowest BCUT2D eigenvalue weighted by molar-refractivity contribution is -0.128. The summed E-state index contributed by atoms with van der Waals surface area (Å²) in [5.74, 6) is 0.144. The number of halogens is 1.